The van der Waals surface area contributed by atoms with Crippen molar-refractivity contribution in [1.29, 1.82) is 0 Å². The number of hydrogen-bond donors (Lipinski definition) is 1. The Morgan fingerprint density at radius 2 is 1.79 bits per heavy atom. The third kappa shape index (κ3) is 6.34. The summed E-state index contributed by atoms with van der Waals surface area (Å²) in [4.78, 5) is 24.9. The molecule has 29 heavy (non-hydrogen) atoms. The summed E-state index contributed by atoms with van der Waals surface area (Å²) in [7, 11) is 0. The van der Waals surface area contributed by atoms with E-state index in [0.717, 1.165) is 23.3 Å². The van der Waals surface area contributed by atoms with Gasteiger partial charge in [0.05, 0.1) is 24.5 Å². The summed E-state index contributed by atoms with van der Waals surface area (Å²) in [5.74, 6) is 0.305. The van der Waals surface area contributed by atoms with E-state index >= 15 is 0 Å². The summed E-state index contributed by atoms with van der Waals surface area (Å²) in [6.45, 7) is 10.4. The topological polar surface area (TPSA) is 64.6 Å². The van der Waals surface area contributed by atoms with Crippen molar-refractivity contribution in [2.24, 2.45) is 5.41 Å². The molecular weight excluding hydrogens is 366 g/mol. The number of carbonyl (C=O) groups is 2. The Kier molecular flexibility index (Phi) is 7.82. The highest BCUT2D eigenvalue weighted by Crippen LogP contribution is 2.27. The van der Waals surface area contributed by atoms with Gasteiger partial charge in [-0.3, -0.25) is 4.79 Å². The van der Waals surface area contributed by atoms with E-state index < -0.39 is 11.4 Å². The highest BCUT2D eigenvalue weighted by Gasteiger charge is 2.28. The standard InChI is InChI=1S/C24H31NO4/c1-6-28-22(26)19-10-7-8-11-20(19)25-23(27)24(4,5)14-9-15-29-21-16-17(2)12-13-18(21)3/h7-8,10-13,16H,6,9,14-15H2,1-5H3,(H,25,27). The molecule has 2 aromatic carbocycles. The predicted octanol–water partition coefficient (Wildman–Crippen LogP) is 5.30. The lowest BCUT2D eigenvalue weighted by atomic mass is 9.86. The molecule has 0 aromatic heterocycles. The third-order valence-corrected chi connectivity index (χ3v) is 4.83. The van der Waals surface area contributed by atoms with Crippen molar-refractivity contribution in [2.45, 2.75) is 47.5 Å². The quantitative estimate of drug-likeness (QED) is 0.460. The number of nitrogens with one attached hydrogen (secondary N) is 1. The Morgan fingerprint density at radius 1 is 1.07 bits per heavy atom. The van der Waals surface area contributed by atoms with E-state index in [2.05, 4.69) is 11.4 Å². The minimum atomic E-state index is -0.604. The molecular formula is C24H31NO4. The van der Waals surface area contributed by atoms with Gasteiger partial charge in [0.15, 0.2) is 0 Å². The number of anilines is 1. The van der Waals surface area contributed by atoms with Crippen LogP contribution in [0.2, 0.25) is 0 Å². The SMILES string of the molecule is CCOC(=O)c1ccccc1NC(=O)C(C)(C)CCCOc1cc(C)ccc1C. The van der Waals surface area contributed by atoms with E-state index in [9.17, 15) is 9.59 Å². The number of carbonyl (C=O) groups excluding carboxylic acids is 2. The van der Waals surface area contributed by atoms with Gasteiger partial charge in [0.25, 0.3) is 0 Å². The Bertz CT molecular complexity index is 858. The van der Waals surface area contributed by atoms with E-state index in [1.807, 2.05) is 39.8 Å². The molecule has 0 aliphatic heterocycles. The average Bonchev–Trinajstić information content (AvgIpc) is 2.68. The number of ether oxygens (including phenoxy) is 2. The molecule has 5 nitrogen and oxygen atoms in total. The lowest BCUT2D eigenvalue weighted by Crippen LogP contribution is -2.31. The van der Waals surface area contributed by atoms with Crippen LogP contribution >= 0.6 is 0 Å². The van der Waals surface area contributed by atoms with Crippen LogP contribution in [-0.4, -0.2) is 25.1 Å². The zero-order chi connectivity index (χ0) is 21.4. The molecule has 2 rings (SSSR count). The highest BCUT2D eigenvalue weighted by molar-refractivity contribution is 6.02. The Balaban J connectivity index is 1.93. The molecule has 0 aliphatic rings. The molecule has 0 heterocycles. The minimum absolute atomic E-state index is 0.138. The van der Waals surface area contributed by atoms with E-state index in [1.165, 1.54) is 0 Å². The van der Waals surface area contributed by atoms with Crippen molar-refractivity contribution in [2.75, 3.05) is 18.5 Å². The first-order valence-corrected chi connectivity index (χ1v) is 10.0. The molecule has 0 fully saturated rings. The Labute approximate surface area is 173 Å². The smallest absolute Gasteiger partial charge is 0.340 e. The molecule has 0 radical (unpaired) electrons. The van der Waals surface area contributed by atoms with Gasteiger partial charge in [-0.15, -0.1) is 0 Å². The van der Waals surface area contributed by atoms with Crippen molar-refractivity contribution in [3.63, 3.8) is 0 Å². The third-order valence-electron chi connectivity index (χ3n) is 4.83. The van der Waals surface area contributed by atoms with Crippen molar-refractivity contribution in [3.8, 4) is 5.75 Å². The highest BCUT2D eigenvalue weighted by atomic mass is 16.5. The summed E-state index contributed by atoms with van der Waals surface area (Å²) in [6.07, 6.45) is 1.40. The molecule has 0 unspecified atom stereocenters. The molecule has 0 bridgehead atoms. The average molecular weight is 398 g/mol. The van der Waals surface area contributed by atoms with Gasteiger partial charge < -0.3 is 14.8 Å². The first kappa shape index (κ1) is 22.5. The molecule has 1 N–H and O–H groups in total. The number of para-hydroxylation sites is 1. The number of esters is 1. The Hall–Kier alpha value is -2.82. The fourth-order valence-corrected chi connectivity index (χ4v) is 2.94. The van der Waals surface area contributed by atoms with Crippen molar-refractivity contribution in [1.82, 2.24) is 0 Å². The number of amides is 1. The molecule has 0 saturated carbocycles. The first-order chi connectivity index (χ1) is 13.7. The van der Waals surface area contributed by atoms with Gasteiger partial charge in [-0.25, -0.2) is 4.79 Å². The van der Waals surface area contributed by atoms with Crippen LogP contribution in [0.1, 0.15) is 55.1 Å². The first-order valence-electron chi connectivity index (χ1n) is 10.0. The molecule has 0 aliphatic carbocycles. The molecule has 0 spiro atoms. The number of aryl methyl sites for hydroxylation is 2. The van der Waals surface area contributed by atoms with Crippen LogP contribution < -0.4 is 10.1 Å². The van der Waals surface area contributed by atoms with E-state index in [4.69, 9.17) is 9.47 Å². The van der Waals surface area contributed by atoms with Gasteiger partial charge in [-0.05, 0) is 62.9 Å². The second-order valence-electron chi connectivity index (χ2n) is 7.83. The number of rotatable bonds is 9. The maximum absolute atomic E-state index is 12.8. The van der Waals surface area contributed by atoms with Gasteiger partial charge in [0, 0.05) is 5.41 Å². The largest absolute Gasteiger partial charge is 0.493 e. The maximum atomic E-state index is 12.8. The van der Waals surface area contributed by atoms with Crippen LogP contribution in [0.15, 0.2) is 42.5 Å². The van der Waals surface area contributed by atoms with Gasteiger partial charge in [0.2, 0.25) is 5.91 Å². The fraction of sp³-hybridized carbons (Fsp3) is 0.417. The van der Waals surface area contributed by atoms with Gasteiger partial charge in [-0.1, -0.05) is 38.1 Å². The van der Waals surface area contributed by atoms with Crippen LogP contribution in [-0.2, 0) is 9.53 Å². The number of benzene rings is 2. The van der Waals surface area contributed by atoms with Crippen LogP contribution in [0.3, 0.4) is 0 Å². The van der Waals surface area contributed by atoms with Crippen LogP contribution in [0.5, 0.6) is 5.75 Å². The fourth-order valence-electron chi connectivity index (χ4n) is 2.94. The van der Waals surface area contributed by atoms with E-state index in [1.54, 1.807) is 31.2 Å². The van der Waals surface area contributed by atoms with E-state index in [-0.39, 0.29) is 12.5 Å². The molecule has 2 aromatic rings. The number of hydrogen-bond acceptors (Lipinski definition) is 4. The lowest BCUT2D eigenvalue weighted by Gasteiger charge is -2.24. The summed E-state index contributed by atoms with van der Waals surface area (Å²) in [5, 5.41) is 2.88. The van der Waals surface area contributed by atoms with Crippen molar-refractivity contribution >= 4 is 17.6 Å². The summed E-state index contributed by atoms with van der Waals surface area (Å²) >= 11 is 0. The van der Waals surface area contributed by atoms with Crippen molar-refractivity contribution < 1.29 is 19.1 Å². The maximum Gasteiger partial charge on any atom is 0.340 e. The van der Waals surface area contributed by atoms with E-state index in [0.29, 0.717) is 24.3 Å². The van der Waals surface area contributed by atoms with Gasteiger partial charge in [-0.2, -0.15) is 0 Å². The van der Waals surface area contributed by atoms with Crippen molar-refractivity contribution in [3.05, 3.63) is 59.2 Å². The monoisotopic (exact) mass is 397 g/mol. The summed E-state index contributed by atoms with van der Waals surface area (Å²) < 4.78 is 11.0. The molecule has 0 saturated heterocycles. The van der Waals surface area contributed by atoms with Crippen LogP contribution in [0, 0.1) is 19.3 Å². The predicted molar refractivity (Wildman–Crippen MR) is 115 cm³/mol. The molecule has 156 valence electrons. The second-order valence-corrected chi connectivity index (χ2v) is 7.83. The summed E-state index contributed by atoms with van der Waals surface area (Å²) in [6, 6.07) is 13.0. The van der Waals surface area contributed by atoms with Crippen LogP contribution in [0.4, 0.5) is 5.69 Å². The molecule has 1 amide bonds. The molecule has 0 atom stereocenters. The Morgan fingerprint density at radius 3 is 2.52 bits per heavy atom. The zero-order valence-corrected chi connectivity index (χ0v) is 18.0. The summed E-state index contributed by atoms with van der Waals surface area (Å²) in [5.41, 5.74) is 2.48. The lowest BCUT2D eigenvalue weighted by molar-refractivity contribution is -0.124. The second kappa shape index (κ2) is 10.1. The van der Waals surface area contributed by atoms with Crippen LogP contribution in [0.25, 0.3) is 0 Å². The van der Waals surface area contributed by atoms with Gasteiger partial charge in [0.1, 0.15) is 5.75 Å². The zero-order valence-electron chi connectivity index (χ0n) is 18.0. The normalized spacial score (nSPS) is 11.1. The minimum Gasteiger partial charge on any atom is -0.493 e. The molecule has 5 heteroatoms. The van der Waals surface area contributed by atoms with Gasteiger partial charge >= 0.3 is 5.97 Å².